The van der Waals surface area contributed by atoms with Gasteiger partial charge in [0.05, 0.1) is 0 Å². The summed E-state index contributed by atoms with van der Waals surface area (Å²) in [4.78, 5) is 2.47. The minimum Gasteiger partial charge on any atom is -0.385 e. The summed E-state index contributed by atoms with van der Waals surface area (Å²) in [6.07, 6.45) is 9.29. The van der Waals surface area contributed by atoms with Gasteiger partial charge in [-0.2, -0.15) is 0 Å². The van der Waals surface area contributed by atoms with E-state index in [-0.39, 0.29) is 0 Å². The van der Waals surface area contributed by atoms with Gasteiger partial charge in [0, 0.05) is 35.9 Å². The highest BCUT2D eigenvalue weighted by Gasteiger charge is 2.18. The van der Waals surface area contributed by atoms with Crippen LogP contribution in [0.1, 0.15) is 38.8 Å². The lowest BCUT2D eigenvalue weighted by Gasteiger charge is -2.27. The Morgan fingerprint density at radius 3 is 2.00 bits per heavy atom. The van der Waals surface area contributed by atoms with Crippen molar-refractivity contribution in [3.8, 4) is 0 Å². The molecule has 0 spiro atoms. The van der Waals surface area contributed by atoms with Gasteiger partial charge in [-0.15, -0.1) is 0 Å². The second-order valence-corrected chi connectivity index (χ2v) is 8.60. The van der Waals surface area contributed by atoms with Crippen LogP contribution in [-0.2, 0) is 0 Å². The molecular weight excluding hydrogens is 414 g/mol. The second kappa shape index (κ2) is 11.2. The zero-order valence-electron chi connectivity index (χ0n) is 20.9. The highest BCUT2D eigenvalue weighted by atomic mass is 15.1. The van der Waals surface area contributed by atoms with Crippen LogP contribution in [0.4, 0.5) is 11.4 Å². The van der Waals surface area contributed by atoms with Crippen molar-refractivity contribution < 1.29 is 0 Å². The molecule has 0 fully saturated rings. The quantitative estimate of drug-likeness (QED) is 0.356. The lowest BCUT2D eigenvalue weighted by Crippen LogP contribution is -2.32. The summed E-state index contributed by atoms with van der Waals surface area (Å²) >= 11 is 0. The first-order chi connectivity index (χ1) is 16.7. The largest absolute Gasteiger partial charge is 0.385 e. The molecule has 0 saturated heterocycles. The summed E-state index contributed by atoms with van der Waals surface area (Å²) in [6.45, 7) is 12.6. The van der Waals surface area contributed by atoms with Crippen molar-refractivity contribution in [2.24, 2.45) is 0 Å². The van der Waals surface area contributed by atoms with Crippen LogP contribution >= 0.6 is 0 Å². The van der Waals surface area contributed by atoms with Crippen LogP contribution < -0.4 is 10.6 Å². The van der Waals surface area contributed by atoms with Crippen molar-refractivity contribution in [3.05, 3.63) is 102 Å². The number of rotatable bonds is 9. The summed E-state index contributed by atoms with van der Waals surface area (Å²) in [5, 5.41) is 9.48. The molecule has 1 aliphatic carbocycles. The number of anilines is 2. The monoisotopic (exact) mass is 451 g/mol. The average Bonchev–Trinajstić information content (AvgIpc) is 2.88. The molecule has 1 aliphatic rings. The van der Waals surface area contributed by atoms with E-state index in [9.17, 15) is 0 Å². The normalized spacial score (nSPS) is 15.2. The molecular formula is C31H37N3. The Balaban J connectivity index is 1.88. The fourth-order valence-electron chi connectivity index (χ4n) is 4.88. The smallest absolute Gasteiger partial charge is 0.0467 e. The molecule has 3 nitrogen and oxygen atoms in total. The summed E-state index contributed by atoms with van der Waals surface area (Å²) in [5.74, 6) is 0. The maximum absolute atomic E-state index is 3.53. The molecule has 0 radical (unpaired) electrons. The molecule has 0 amide bonds. The fraction of sp³-hybridized carbons (Fsp3) is 0.290. The van der Waals surface area contributed by atoms with Crippen LogP contribution in [-0.4, -0.2) is 37.1 Å². The third-order valence-corrected chi connectivity index (χ3v) is 6.58. The highest BCUT2D eigenvalue weighted by molar-refractivity contribution is 6.04. The molecule has 2 N–H and O–H groups in total. The Bertz CT molecular complexity index is 1180. The standard InChI is InChI=1S/C31H37N3/c1-5-32-25-17-13-23(14-18-25)31(24-15-19-26(20-16-24)34(7-3)8-4)29-21-22-30(33-6-2)28-12-10-9-11-27(28)29/h9-22,26,32-33H,5-8H2,1-4H3. The van der Waals surface area contributed by atoms with Crippen LogP contribution in [0.5, 0.6) is 0 Å². The van der Waals surface area contributed by atoms with Crippen LogP contribution in [0.15, 0.2) is 90.5 Å². The van der Waals surface area contributed by atoms with Gasteiger partial charge in [0.25, 0.3) is 0 Å². The first kappa shape index (κ1) is 23.8. The molecule has 176 valence electrons. The molecule has 3 heteroatoms. The molecule has 0 aromatic heterocycles. The molecule has 0 unspecified atom stereocenters. The Labute approximate surface area is 204 Å². The summed E-state index contributed by atoms with van der Waals surface area (Å²) in [6, 6.07) is 22.4. The van der Waals surface area contributed by atoms with Gasteiger partial charge >= 0.3 is 0 Å². The Hall–Kier alpha value is -3.30. The number of hydrogen-bond acceptors (Lipinski definition) is 3. The Morgan fingerprint density at radius 2 is 1.38 bits per heavy atom. The maximum atomic E-state index is 3.53. The molecule has 0 atom stereocenters. The fourth-order valence-corrected chi connectivity index (χ4v) is 4.88. The molecule has 3 aromatic rings. The minimum absolute atomic E-state index is 0.351. The number of likely N-dealkylation sites (N-methyl/N-ethyl adjacent to an activating group) is 1. The van der Waals surface area contributed by atoms with Crippen molar-refractivity contribution in [3.63, 3.8) is 0 Å². The molecule has 4 rings (SSSR count). The van der Waals surface area contributed by atoms with Gasteiger partial charge in [-0.25, -0.2) is 0 Å². The van der Waals surface area contributed by atoms with E-state index in [0.717, 1.165) is 31.9 Å². The van der Waals surface area contributed by atoms with Gasteiger partial charge in [-0.3, -0.25) is 4.90 Å². The number of nitrogens with zero attached hydrogens (tertiary/aromatic N) is 1. The zero-order valence-corrected chi connectivity index (χ0v) is 20.9. The lowest BCUT2D eigenvalue weighted by molar-refractivity contribution is 0.287. The van der Waals surface area contributed by atoms with E-state index in [4.69, 9.17) is 0 Å². The molecule has 0 heterocycles. The van der Waals surface area contributed by atoms with Crippen LogP contribution in [0.25, 0.3) is 16.3 Å². The van der Waals surface area contributed by atoms with E-state index in [2.05, 4.69) is 128 Å². The first-order valence-electron chi connectivity index (χ1n) is 12.6. The van der Waals surface area contributed by atoms with Crippen molar-refractivity contribution in [1.82, 2.24) is 4.90 Å². The van der Waals surface area contributed by atoms with Crippen molar-refractivity contribution in [2.45, 2.75) is 33.7 Å². The predicted molar refractivity (Wildman–Crippen MR) is 150 cm³/mol. The van der Waals surface area contributed by atoms with Crippen molar-refractivity contribution >= 4 is 27.7 Å². The van der Waals surface area contributed by atoms with Crippen molar-refractivity contribution in [1.29, 1.82) is 0 Å². The molecule has 0 saturated carbocycles. The van der Waals surface area contributed by atoms with Gasteiger partial charge in [-0.05, 0) is 72.8 Å². The van der Waals surface area contributed by atoms with E-state index in [1.165, 1.54) is 38.7 Å². The highest BCUT2D eigenvalue weighted by Crippen LogP contribution is 2.37. The molecule has 0 bridgehead atoms. The number of hydrogen-bond donors (Lipinski definition) is 2. The van der Waals surface area contributed by atoms with Crippen LogP contribution in [0, 0.1) is 0 Å². The van der Waals surface area contributed by atoms with Gasteiger partial charge in [-0.1, -0.05) is 80.6 Å². The van der Waals surface area contributed by atoms with E-state index in [1.54, 1.807) is 0 Å². The summed E-state index contributed by atoms with van der Waals surface area (Å²) in [7, 11) is 0. The number of nitrogens with one attached hydrogen (secondary N) is 2. The van der Waals surface area contributed by atoms with Gasteiger partial charge in [0.2, 0.25) is 0 Å². The van der Waals surface area contributed by atoms with Gasteiger partial charge < -0.3 is 10.6 Å². The number of allylic oxidation sites excluding steroid dienone is 3. The van der Waals surface area contributed by atoms with Gasteiger partial charge in [0.1, 0.15) is 0 Å². The Kier molecular flexibility index (Phi) is 7.87. The third kappa shape index (κ3) is 4.95. The van der Waals surface area contributed by atoms with Gasteiger partial charge in [0.15, 0.2) is 0 Å². The predicted octanol–water partition coefficient (Wildman–Crippen LogP) is 7.34. The van der Waals surface area contributed by atoms with Crippen LogP contribution in [0.2, 0.25) is 0 Å². The van der Waals surface area contributed by atoms with Crippen LogP contribution in [0.3, 0.4) is 0 Å². The Morgan fingerprint density at radius 1 is 0.735 bits per heavy atom. The molecule has 3 aromatic carbocycles. The second-order valence-electron chi connectivity index (χ2n) is 8.60. The SMILES string of the molecule is CCNc1ccc(C(=C2C=CC(N(CC)CC)C=C2)c2ccc(NCC)c3ccccc23)cc1. The molecule has 34 heavy (non-hydrogen) atoms. The number of benzene rings is 3. The molecule has 0 aliphatic heterocycles. The maximum Gasteiger partial charge on any atom is 0.0467 e. The third-order valence-electron chi connectivity index (χ3n) is 6.58. The topological polar surface area (TPSA) is 27.3 Å². The van der Waals surface area contributed by atoms with E-state index < -0.39 is 0 Å². The van der Waals surface area contributed by atoms with Crippen molar-refractivity contribution in [2.75, 3.05) is 36.8 Å². The zero-order chi connectivity index (χ0) is 23.9. The lowest BCUT2D eigenvalue weighted by atomic mass is 9.87. The van der Waals surface area contributed by atoms with E-state index >= 15 is 0 Å². The van der Waals surface area contributed by atoms with E-state index in [0.29, 0.717) is 6.04 Å². The minimum atomic E-state index is 0.351. The first-order valence-corrected chi connectivity index (χ1v) is 12.6. The summed E-state index contributed by atoms with van der Waals surface area (Å²) < 4.78 is 0. The van der Waals surface area contributed by atoms with E-state index in [1.807, 2.05) is 0 Å². The summed E-state index contributed by atoms with van der Waals surface area (Å²) in [5.41, 5.74) is 7.35. The average molecular weight is 452 g/mol. The number of fused-ring (bicyclic) bond motifs is 1.